The lowest BCUT2D eigenvalue weighted by atomic mass is 10.0. The highest BCUT2D eigenvalue weighted by Gasteiger charge is 2.37. The Balaban J connectivity index is 1.83. The largest absolute Gasteiger partial charge is 0.751 e. The third-order valence-corrected chi connectivity index (χ3v) is 4.79. The molecule has 3 nitrogen and oxygen atoms in total. The topological polar surface area (TPSA) is 27.7 Å². The van der Waals surface area contributed by atoms with E-state index in [-0.39, 0.29) is 10.7 Å². The van der Waals surface area contributed by atoms with Crippen LogP contribution in [0.3, 0.4) is 0 Å². The van der Waals surface area contributed by atoms with Gasteiger partial charge in [-0.25, -0.2) is 0 Å². The summed E-state index contributed by atoms with van der Waals surface area (Å²) in [6.45, 7) is 0. The summed E-state index contributed by atoms with van der Waals surface area (Å²) in [6.07, 6.45) is 2.16. The number of fused-ring (bicyclic) bond motifs is 1. The summed E-state index contributed by atoms with van der Waals surface area (Å²) in [7, 11) is 0. The van der Waals surface area contributed by atoms with Crippen molar-refractivity contribution < 1.29 is 4.70 Å². The van der Waals surface area contributed by atoms with Gasteiger partial charge in [0, 0.05) is 21.9 Å². The van der Waals surface area contributed by atoms with Gasteiger partial charge in [-0.05, 0) is 16.8 Å². The zero-order chi connectivity index (χ0) is 14.9. The summed E-state index contributed by atoms with van der Waals surface area (Å²) in [5.74, 6) is 0. The zero-order valence-electron chi connectivity index (χ0n) is 11.7. The first-order valence-electron chi connectivity index (χ1n) is 7.04. The van der Waals surface area contributed by atoms with Crippen LogP contribution in [0.5, 0.6) is 0 Å². The molecule has 0 N–H and O–H groups in total. The minimum absolute atomic E-state index is 0.0457. The van der Waals surface area contributed by atoms with Crippen molar-refractivity contribution in [3.05, 3.63) is 77.9 Å². The molecule has 0 aliphatic carbocycles. The Labute approximate surface area is 138 Å². The monoisotopic (exact) mass is 323 g/mol. The standard InChI is InChI=1S/C17H13N3S2/c21-17-19-20-15(13-9-5-2-6-10-13)11-14(18-16(20)22-17)12-7-3-1-4-8-12/h1-11,15,17H. The SMILES string of the molecule is [S-]C1N=[N+]2C(=NC(c3ccccc3)=CC2c2ccccc2)S1. The van der Waals surface area contributed by atoms with E-state index in [0.717, 1.165) is 16.4 Å². The van der Waals surface area contributed by atoms with Crippen LogP contribution in [0.15, 0.2) is 76.8 Å². The second kappa shape index (κ2) is 5.74. The lowest BCUT2D eigenvalue weighted by molar-refractivity contribution is -0.510. The fourth-order valence-electron chi connectivity index (χ4n) is 2.60. The summed E-state index contributed by atoms with van der Waals surface area (Å²) >= 11 is 6.86. The average Bonchev–Trinajstić information content (AvgIpc) is 2.95. The molecule has 2 unspecified atom stereocenters. The molecule has 0 fully saturated rings. The van der Waals surface area contributed by atoms with E-state index in [9.17, 15) is 0 Å². The minimum Gasteiger partial charge on any atom is -0.751 e. The lowest BCUT2D eigenvalue weighted by Gasteiger charge is -2.14. The van der Waals surface area contributed by atoms with Crippen molar-refractivity contribution in [1.29, 1.82) is 0 Å². The fraction of sp³-hybridized carbons (Fsp3) is 0.118. The predicted octanol–water partition coefficient (Wildman–Crippen LogP) is 4.18. The van der Waals surface area contributed by atoms with Crippen LogP contribution >= 0.6 is 11.8 Å². The molecule has 4 rings (SSSR count). The first-order chi connectivity index (χ1) is 10.8. The zero-order valence-corrected chi connectivity index (χ0v) is 13.3. The van der Waals surface area contributed by atoms with Gasteiger partial charge in [0.15, 0.2) is 11.7 Å². The van der Waals surface area contributed by atoms with Crippen molar-refractivity contribution in [1.82, 2.24) is 0 Å². The maximum Gasteiger partial charge on any atom is 0.381 e. The average molecular weight is 323 g/mol. The first-order valence-corrected chi connectivity index (χ1v) is 8.40. The van der Waals surface area contributed by atoms with Gasteiger partial charge in [-0.2, -0.15) is 0 Å². The quantitative estimate of drug-likeness (QED) is 0.612. The number of aliphatic imine (C=N–C) groups is 1. The van der Waals surface area contributed by atoms with Crippen LogP contribution in [0.4, 0.5) is 0 Å². The molecule has 0 radical (unpaired) electrons. The van der Waals surface area contributed by atoms with Gasteiger partial charge >= 0.3 is 5.17 Å². The summed E-state index contributed by atoms with van der Waals surface area (Å²) in [6, 6.07) is 20.6. The van der Waals surface area contributed by atoms with Crippen LogP contribution in [0.1, 0.15) is 17.2 Å². The van der Waals surface area contributed by atoms with Gasteiger partial charge in [-0.1, -0.05) is 60.7 Å². The smallest absolute Gasteiger partial charge is 0.381 e. The molecule has 2 aromatic carbocycles. The third-order valence-electron chi connectivity index (χ3n) is 3.63. The molecular formula is C17H13N3S2. The Hall–Kier alpha value is -1.85. The molecule has 2 aliphatic rings. The summed E-state index contributed by atoms with van der Waals surface area (Å²) < 4.78 is 1.75. The van der Waals surface area contributed by atoms with E-state index >= 15 is 0 Å². The molecule has 2 heterocycles. The number of benzene rings is 2. The van der Waals surface area contributed by atoms with Crippen LogP contribution in [0, 0.1) is 0 Å². The molecule has 22 heavy (non-hydrogen) atoms. The summed E-state index contributed by atoms with van der Waals surface area (Å²) in [5, 5.41) is 5.42. The van der Waals surface area contributed by atoms with Crippen molar-refractivity contribution in [2.24, 2.45) is 10.1 Å². The van der Waals surface area contributed by atoms with E-state index in [2.05, 4.69) is 35.5 Å². The van der Waals surface area contributed by atoms with Crippen molar-refractivity contribution in [3.8, 4) is 0 Å². The van der Waals surface area contributed by atoms with Gasteiger partial charge in [0.1, 0.15) is 0 Å². The molecule has 2 atom stereocenters. The van der Waals surface area contributed by atoms with E-state index in [1.54, 1.807) is 0 Å². The lowest BCUT2D eigenvalue weighted by Crippen LogP contribution is -2.21. The second-order valence-electron chi connectivity index (χ2n) is 5.05. The van der Waals surface area contributed by atoms with Crippen LogP contribution in [0.2, 0.25) is 0 Å². The predicted molar refractivity (Wildman–Crippen MR) is 92.5 cm³/mol. The van der Waals surface area contributed by atoms with E-state index in [4.69, 9.17) is 17.6 Å². The van der Waals surface area contributed by atoms with Crippen molar-refractivity contribution >= 4 is 35.3 Å². The molecular weight excluding hydrogens is 310 g/mol. The number of nitrogens with zero attached hydrogens (tertiary/aromatic N) is 3. The molecule has 0 bridgehead atoms. The first kappa shape index (κ1) is 13.8. The molecule has 2 aromatic rings. The van der Waals surface area contributed by atoms with Gasteiger partial charge in [-0.15, -0.1) is 9.81 Å². The maximum atomic E-state index is 5.33. The van der Waals surface area contributed by atoms with Crippen LogP contribution < -0.4 is 0 Å². The summed E-state index contributed by atoms with van der Waals surface area (Å²) in [4.78, 5) is 4.75. The highest BCUT2D eigenvalue weighted by molar-refractivity contribution is 8.18. The van der Waals surface area contributed by atoms with E-state index in [0.29, 0.717) is 0 Å². The van der Waals surface area contributed by atoms with E-state index in [1.807, 2.05) is 41.1 Å². The molecule has 2 aliphatic heterocycles. The van der Waals surface area contributed by atoms with Crippen molar-refractivity contribution in [2.75, 3.05) is 0 Å². The number of rotatable bonds is 2. The van der Waals surface area contributed by atoms with Gasteiger partial charge in [-0.3, -0.25) is 0 Å². The number of hydrogen-bond acceptors (Lipinski definition) is 4. The van der Waals surface area contributed by atoms with Gasteiger partial charge in [0.25, 0.3) is 0 Å². The number of thioether (sulfide) groups is 1. The molecule has 0 saturated heterocycles. The Bertz CT molecular complexity index is 782. The summed E-state index contributed by atoms with van der Waals surface area (Å²) in [5.41, 5.74) is 3.29. The Morgan fingerprint density at radius 2 is 1.64 bits per heavy atom. The third kappa shape index (κ3) is 2.51. The normalized spacial score (nSPS) is 23.4. The van der Waals surface area contributed by atoms with Gasteiger partial charge < -0.3 is 12.6 Å². The number of azo groups is 2. The van der Waals surface area contributed by atoms with Crippen LogP contribution in [-0.4, -0.2) is 14.6 Å². The maximum absolute atomic E-state index is 5.33. The Morgan fingerprint density at radius 3 is 2.36 bits per heavy atom. The highest BCUT2D eigenvalue weighted by atomic mass is 32.2. The highest BCUT2D eigenvalue weighted by Crippen LogP contribution is 2.37. The van der Waals surface area contributed by atoms with Crippen LogP contribution in [-0.2, 0) is 12.6 Å². The minimum atomic E-state index is -0.200. The molecule has 0 saturated carbocycles. The van der Waals surface area contributed by atoms with Crippen LogP contribution in [0.25, 0.3) is 5.70 Å². The second-order valence-corrected chi connectivity index (χ2v) is 6.85. The molecule has 0 spiro atoms. The molecule has 108 valence electrons. The van der Waals surface area contributed by atoms with E-state index in [1.165, 1.54) is 17.3 Å². The molecule has 5 heteroatoms. The van der Waals surface area contributed by atoms with Crippen molar-refractivity contribution in [2.45, 2.75) is 10.7 Å². The van der Waals surface area contributed by atoms with E-state index < -0.39 is 0 Å². The fourth-order valence-corrected chi connectivity index (χ4v) is 3.71. The van der Waals surface area contributed by atoms with Crippen molar-refractivity contribution in [3.63, 3.8) is 0 Å². The molecule has 0 amide bonds. The van der Waals surface area contributed by atoms with Gasteiger partial charge in [0.05, 0.1) is 0 Å². The molecule has 0 aromatic heterocycles. The van der Waals surface area contributed by atoms with Gasteiger partial charge in [0.2, 0.25) is 0 Å². The number of amidine groups is 1. The Morgan fingerprint density at radius 1 is 0.955 bits per heavy atom. The Kier molecular flexibility index (Phi) is 3.60. The number of hydrogen-bond donors (Lipinski definition) is 0.